The summed E-state index contributed by atoms with van der Waals surface area (Å²) in [7, 11) is 1.33. The number of carbonyl (C=O) groups is 2. The largest absolute Gasteiger partial charge is 0.469 e. The number of hydrogen-bond donors (Lipinski definition) is 0. The number of esters is 1. The highest BCUT2D eigenvalue weighted by atomic mass is 35.5. The minimum atomic E-state index is -0.339. The Labute approximate surface area is 137 Å². The molecule has 0 unspecified atom stereocenters. The normalized spacial score (nSPS) is 11.2. The number of imidazole rings is 1. The number of hydrogen-bond acceptors (Lipinski definition) is 5. The first-order valence-corrected chi connectivity index (χ1v) is 7.97. The maximum absolute atomic E-state index is 12.2. The molecule has 0 aliphatic rings. The summed E-state index contributed by atoms with van der Waals surface area (Å²) in [5, 5.41) is 2.25. The molecule has 6 nitrogen and oxygen atoms in total. The molecule has 0 fully saturated rings. The van der Waals surface area contributed by atoms with Gasteiger partial charge in [-0.25, -0.2) is 4.98 Å². The molecule has 0 aliphatic carbocycles. The number of methoxy groups -OCH3 is 1. The number of nitrogens with zero attached hydrogens (tertiary/aromatic N) is 3. The average Bonchev–Trinajstić information content (AvgIpc) is 3.06. The van der Waals surface area contributed by atoms with E-state index in [-0.39, 0.29) is 18.3 Å². The minimum Gasteiger partial charge on any atom is -0.469 e. The molecule has 2 aromatic heterocycles. The molecule has 0 N–H and O–H groups in total. The number of carbonyl (C=O) groups excluding carboxylic acids is 2. The van der Waals surface area contributed by atoms with Crippen LogP contribution >= 0.6 is 22.9 Å². The monoisotopic (exact) mass is 341 g/mol. The van der Waals surface area contributed by atoms with Crippen LogP contribution in [-0.4, -0.2) is 46.4 Å². The third-order valence-corrected chi connectivity index (χ3v) is 4.18. The molecule has 0 bridgehead atoms. The fraction of sp³-hybridized carbons (Fsp3) is 0.357. The smallest absolute Gasteiger partial charge is 0.307 e. The van der Waals surface area contributed by atoms with Crippen molar-refractivity contribution in [2.45, 2.75) is 13.3 Å². The van der Waals surface area contributed by atoms with Gasteiger partial charge in [0.05, 0.1) is 19.2 Å². The molecule has 118 valence electrons. The first-order valence-electron chi connectivity index (χ1n) is 6.71. The Morgan fingerprint density at radius 3 is 3.00 bits per heavy atom. The zero-order valence-corrected chi connectivity index (χ0v) is 13.9. The number of aromatic nitrogens is 2. The molecule has 0 saturated heterocycles. The molecule has 2 heterocycles. The predicted octanol–water partition coefficient (Wildman–Crippen LogP) is 2.47. The van der Waals surface area contributed by atoms with Crippen molar-refractivity contribution in [2.75, 3.05) is 20.2 Å². The minimum absolute atomic E-state index is 0.173. The molecule has 0 atom stereocenters. The summed E-state index contributed by atoms with van der Waals surface area (Å²) in [6.07, 6.45) is 5.09. The highest BCUT2D eigenvalue weighted by Crippen LogP contribution is 2.22. The fourth-order valence-electron chi connectivity index (χ4n) is 1.93. The lowest BCUT2D eigenvalue weighted by Crippen LogP contribution is -2.31. The molecule has 8 heteroatoms. The lowest BCUT2D eigenvalue weighted by Gasteiger charge is -2.18. The molecule has 2 rings (SSSR count). The average molecular weight is 342 g/mol. The van der Waals surface area contributed by atoms with Gasteiger partial charge in [-0.1, -0.05) is 11.6 Å². The zero-order chi connectivity index (χ0) is 16.1. The van der Waals surface area contributed by atoms with Crippen LogP contribution in [0.1, 0.15) is 19.0 Å². The van der Waals surface area contributed by atoms with Gasteiger partial charge in [-0.05, 0) is 13.0 Å². The predicted molar refractivity (Wildman–Crippen MR) is 86.0 cm³/mol. The van der Waals surface area contributed by atoms with Crippen molar-refractivity contribution in [3.05, 3.63) is 28.5 Å². The van der Waals surface area contributed by atoms with E-state index in [2.05, 4.69) is 9.72 Å². The first kappa shape index (κ1) is 16.5. The summed E-state index contributed by atoms with van der Waals surface area (Å²) in [6.45, 7) is 2.68. The highest BCUT2D eigenvalue weighted by Gasteiger charge is 2.13. The maximum Gasteiger partial charge on any atom is 0.307 e. The molecule has 0 aliphatic heterocycles. The van der Waals surface area contributed by atoms with Gasteiger partial charge in [0, 0.05) is 30.7 Å². The van der Waals surface area contributed by atoms with Crippen LogP contribution in [-0.2, 0) is 14.3 Å². The van der Waals surface area contributed by atoms with Gasteiger partial charge in [0.15, 0.2) is 10.1 Å². The number of rotatable bonds is 6. The maximum atomic E-state index is 12.2. The summed E-state index contributed by atoms with van der Waals surface area (Å²) in [5.41, 5.74) is 0.662. The number of halogens is 1. The van der Waals surface area contributed by atoms with E-state index in [9.17, 15) is 9.59 Å². The molecule has 22 heavy (non-hydrogen) atoms. The van der Waals surface area contributed by atoms with Gasteiger partial charge in [-0.3, -0.25) is 14.0 Å². The standard InChI is InChI=1S/C14H16ClN3O3S/c1-3-17(7-6-12(20)21-2)11(19)5-4-10-13(15)16-14-18(10)8-9-22-14/h4-5,8-9H,3,6-7H2,1-2H3. The van der Waals surface area contributed by atoms with Crippen LogP contribution in [0.15, 0.2) is 17.7 Å². The van der Waals surface area contributed by atoms with Gasteiger partial charge in [0.25, 0.3) is 0 Å². The second-order valence-electron chi connectivity index (χ2n) is 4.42. The third-order valence-electron chi connectivity index (χ3n) is 3.14. The summed E-state index contributed by atoms with van der Waals surface area (Å²) in [5.74, 6) is -0.526. The van der Waals surface area contributed by atoms with Crippen LogP contribution in [0.4, 0.5) is 0 Å². The number of ether oxygens (including phenoxy) is 1. The molecule has 0 aromatic carbocycles. The molecule has 0 spiro atoms. The Balaban J connectivity index is 2.07. The van der Waals surface area contributed by atoms with E-state index in [4.69, 9.17) is 11.6 Å². The van der Waals surface area contributed by atoms with Crippen molar-refractivity contribution in [1.29, 1.82) is 0 Å². The lowest BCUT2D eigenvalue weighted by molar-refractivity contribution is -0.141. The second-order valence-corrected chi connectivity index (χ2v) is 5.65. The van der Waals surface area contributed by atoms with E-state index in [1.54, 1.807) is 11.0 Å². The summed E-state index contributed by atoms with van der Waals surface area (Å²) >= 11 is 7.53. The van der Waals surface area contributed by atoms with E-state index in [1.807, 2.05) is 22.9 Å². The van der Waals surface area contributed by atoms with Gasteiger partial charge < -0.3 is 9.64 Å². The number of fused-ring (bicyclic) bond motifs is 1. The van der Waals surface area contributed by atoms with Crippen LogP contribution in [0.25, 0.3) is 11.0 Å². The topological polar surface area (TPSA) is 63.9 Å². The summed E-state index contributed by atoms with van der Waals surface area (Å²) < 4.78 is 6.40. The Morgan fingerprint density at radius 1 is 1.55 bits per heavy atom. The Bertz CT molecular complexity index is 707. The van der Waals surface area contributed by atoms with Gasteiger partial charge in [-0.2, -0.15) is 0 Å². The van der Waals surface area contributed by atoms with Crippen LogP contribution in [0.2, 0.25) is 5.15 Å². The van der Waals surface area contributed by atoms with Crippen LogP contribution < -0.4 is 0 Å². The molecule has 2 aromatic rings. The Kier molecular flexibility index (Phi) is 5.57. The second kappa shape index (κ2) is 7.42. The quantitative estimate of drug-likeness (QED) is 0.598. The van der Waals surface area contributed by atoms with Crippen LogP contribution in [0.3, 0.4) is 0 Å². The van der Waals surface area contributed by atoms with E-state index >= 15 is 0 Å². The third kappa shape index (κ3) is 3.66. The van der Waals surface area contributed by atoms with Gasteiger partial charge >= 0.3 is 5.97 Å². The zero-order valence-electron chi connectivity index (χ0n) is 12.3. The number of amides is 1. The van der Waals surface area contributed by atoms with Gasteiger partial charge in [0.1, 0.15) is 0 Å². The van der Waals surface area contributed by atoms with E-state index in [0.29, 0.717) is 23.9 Å². The van der Waals surface area contributed by atoms with Gasteiger partial charge in [0.2, 0.25) is 5.91 Å². The van der Waals surface area contributed by atoms with E-state index in [0.717, 1.165) is 4.96 Å². The Hall–Kier alpha value is -1.86. The lowest BCUT2D eigenvalue weighted by atomic mass is 10.3. The van der Waals surface area contributed by atoms with Crippen molar-refractivity contribution in [3.63, 3.8) is 0 Å². The van der Waals surface area contributed by atoms with Crippen LogP contribution in [0, 0.1) is 0 Å². The van der Waals surface area contributed by atoms with E-state index in [1.165, 1.54) is 24.5 Å². The van der Waals surface area contributed by atoms with E-state index < -0.39 is 0 Å². The SMILES string of the molecule is CCN(CCC(=O)OC)C(=O)C=Cc1c(Cl)nc2sccn12. The summed E-state index contributed by atoms with van der Waals surface area (Å²) in [6, 6.07) is 0. The number of thiazole rings is 1. The van der Waals surface area contributed by atoms with Gasteiger partial charge in [-0.15, -0.1) is 11.3 Å². The molecule has 1 amide bonds. The molecular weight excluding hydrogens is 326 g/mol. The fourth-order valence-corrected chi connectivity index (χ4v) is 2.94. The highest BCUT2D eigenvalue weighted by molar-refractivity contribution is 7.15. The molecule has 0 radical (unpaired) electrons. The molecular formula is C14H16ClN3O3S. The summed E-state index contributed by atoms with van der Waals surface area (Å²) in [4.78, 5) is 29.9. The number of likely N-dealkylation sites (N-methyl/N-ethyl adjacent to an activating group) is 1. The van der Waals surface area contributed by atoms with Crippen LogP contribution in [0.5, 0.6) is 0 Å². The van der Waals surface area contributed by atoms with Crippen molar-refractivity contribution in [3.8, 4) is 0 Å². The Morgan fingerprint density at radius 2 is 2.32 bits per heavy atom. The van der Waals surface area contributed by atoms with Crippen molar-refractivity contribution in [1.82, 2.24) is 14.3 Å². The first-order chi connectivity index (χ1) is 10.6. The van der Waals surface area contributed by atoms with Crippen molar-refractivity contribution >= 4 is 45.9 Å². The van der Waals surface area contributed by atoms with Crippen molar-refractivity contribution in [2.24, 2.45) is 0 Å². The van der Waals surface area contributed by atoms with Crippen molar-refractivity contribution < 1.29 is 14.3 Å². The molecule has 0 saturated carbocycles.